The van der Waals surface area contributed by atoms with Crippen molar-refractivity contribution in [2.75, 3.05) is 4.90 Å². The minimum absolute atomic E-state index is 0.127. The zero-order valence-electron chi connectivity index (χ0n) is 16.6. The molecule has 0 bridgehead atoms. The van der Waals surface area contributed by atoms with Crippen molar-refractivity contribution in [3.05, 3.63) is 87.2 Å². The number of aryl methyl sites for hydroxylation is 1. The molecule has 1 aliphatic rings. The monoisotopic (exact) mass is 453 g/mol. The van der Waals surface area contributed by atoms with Crippen molar-refractivity contribution in [2.45, 2.75) is 13.8 Å². The van der Waals surface area contributed by atoms with Gasteiger partial charge in [-0.25, -0.2) is 9.69 Å². The van der Waals surface area contributed by atoms with Gasteiger partial charge < -0.3 is 4.57 Å². The van der Waals surface area contributed by atoms with Gasteiger partial charge in [-0.1, -0.05) is 41.4 Å². The molecule has 0 spiro atoms. The fourth-order valence-corrected chi connectivity index (χ4v) is 3.87. The Balaban J connectivity index is 1.77. The molecule has 1 N–H and O–H groups in total. The zero-order chi connectivity index (χ0) is 22.3. The minimum Gasteiger partial charge on any atom is -0.318 e. The molecule has 4 rings (SSSR count). The number of nitrogens with one attached hydrogen (secondary N) is 1. The smallest absolute Gasteiger partial charge is 0.318 e. The first-order valence-corrected chi connectivity index (χ1v) is 10.1. The number of carbonyl (C=O) groups excluding carboxylic acids is 3. The summed E-state index contributed by atoms with van der Waals surface area (Å²) in [6.07, 6.45) is 1.50. The molecule has 8 heteroatoms. The van der Waals surface area contributed by atoms with E-state index < -0.39 is 17.8 Å². The number of amides is 4. The van der Waals surface area contributed by atoms with E-state index in [0.717, 1.165) is 22.0 Å². The first kappa shape index (κ1) is 20.9. The Labute approximate surface area is 188 Å². The molecule has 1 aliphatic heterocycles. The number of para-hydroxylation sites is 1. The van der Waals surface area contributed by atoms with Crippen LogP contribution in [0.1, 0.15) is 17.0 Å². The summed E-state index contributed by atoms with van der Waals surface area (Å²) in [7, 11) is 0. The third-order valence-electron chi connectivity index (χ3n) is 5.05. The highest BCUT2D eigenvalue weighted by Gasteiger charge is 2.36. The normalized spacial score (nSPS) is 15.5. The van der Waals surface area contributed by atoms with Gasteiger partial charge >= 0.3 is 6.03 Å². The number of nitrogens with zero attached hydrogens (tertiary/aromatic N) is 2. The van der Waals surface area contributed by atoms with Gasteiger partial charge in [0.2, 0.25) is 0 Å². The second kappa shape index (κ2) is 8.06. The molecule has 0 radical (unpaired) electrons. The van der Waals surface area contributed by atoms with Crippen LogP contribution in [0.3, 0.4) is 0 Å². The van der Waals surface area contributed by atoms with Crippen LogP contribution in [0.4, 0.5) is 10.5 Å². The summed E-state index contributed by atoms with van der Waals surface area (Å²) in [6.45, 7) is 3.77. The van der Waals surface area contributed by atoms with Crippen molar-refractivity contribution in [2.24, 2.45) is 0 Å². The number of hydrogen-bond acceptors (Lipinski definition) is 3. The molecule has 156 valence electrons. The molecule has 1 saturated heterocycles. The average molecular weight is 454 g/mol. The van der Waals surface area contributed by atoms with E-state index in [0.29, 0.717) is 21.3 Å². The Morgan fingerprint density at radius 3 is 2.26 bits per heavy atom. The third kappa shape index (κ3) is 3.76. The van der Waals surface area contributed by atoms with E-state index >= 15 is 0 Å². The van der Waals surface area contributed by atoms with Crippen molar-refractivity contribution in [3.8, 4) is 5.69 Å². The molecule has 0 aliphatic carbocycles. The predicted molar refractivity (Wildman–Crippen MR) is 121 cm³/mol. The lowest BCUT2D eigenvalue weighted by atomic mass is 10.1. The van der Waals surface area contributed by atoms with Gasteiger partial charge in [-0.3, -0.25) is 14.9 Å². The summed E-state index contributed by atoms with van der Waals surface area (Å²) in [5, 5.41) is 3.11. The Bertz CT molecular complexity index is 1260. The van der Waals surface area contributed by atoms with E-state index in [-0.39, 0.29) is 5.57 Å². The molecule has 0 unspecified atom stereocenters. The van der Waals surface area contributed by atoms with E-state index in [9.17, 15) is 14.4 Å². The van der Waals surface area contributed by atoms with Crippen LogP contribution in [0.25, 0.3) is 11.8 Å². The van der Waals surface area contributed by atoms with Crippen LogP contribution in [0.15, 0.2) is 60.2 Å². The Morgan fingerprint density at radius 1 is 0.871 bits per heavy atom. The van der Waals surface area contributed by atoms with Crippen molar-refractivity contribution < 1.29 is 14.4 Å². The topological polar surface area (TPSA) is 71.4 Å². The fourth-order valence-electron chi connectivity index (χ4n) is 3.58. The van der Waals surface area contributed by atoms with E-state index in [1.54, 1.807) is 42.5 Å². The maximum Gasteiger partial charge on any atom is 0.335 e. The molecular formula is C23H17Cl2N3O3. The predicted octanol–water partition coefficient (Wildman–Crippen LogP) is 5.07. The molecule has 2 aromatic carbocycles. The SMILES string of the molecule is Cc1cc(/C=C2/C(=O)NC(=O)N(c3ccccc3)C2=O)c(C)n1-c1ccc(Cl)c(Cl)c1. The number of carbonyl (C=O) groups is 3. The first-order chi connectivity index (χ1) is 14.8. The lowest BCUT2D eigenvalue weighted by Crippen LogP contribution is -2.54. The van der Waals surface area contributed by atoms with E-state index in [1.165, 1.54) is 6.08 Å². The maximum atomic E-state index is 13.0. The summed E-state index contributed by atoms with van der Waals surface area (Å²) in [5.41, 5.74) is 3.40. The third-order valence-corrected chi connectivity index (χ3v) is 5.79. The quantitative estimate of drug-likeness (QED) is 0.444. The van der Waals surface area contributed by atoms with Gasteiger partial charge in [-0.05, 0) is 61.9 Å². The lowest BCUT2D eigenvalue weighted by Gasteiger charge is -2.26. The molecule has 3 aromatic rings. The number of anilines is 1. The van der Waals surface area contributed by atoms with Gasteiger partial charge in [-0.2, -0.15) is 0 Å². The van der Waals surface area contributed by atoms with E-state index in [1.807, 2.05) is 30.5 Å². The second-order valence-electron chi connectivity index (χ2n) is 7.05. The summed E-state index contributed by atoms with van der Waals surface area (Å²) >= 11 is 12.2. The molecular weight excluding hydrogens is 437 g/mol. The largest absolute Gasteiger partial charge is 0.335 e. The number of benzene rings is 2. The Kier molecular flexibility index (Phi) is 5.43. The molecule has 0 saturated carbocycles. The number of barbiturate groups is 1. The van der Waals surface area contributed by atoms with Crippen LogP contribution in [0.2, 0.25) is 10.0 Å². The molecule has 1 aromatic heterocycles. The summed E-state index contributed by atoms with van der Waals surface area (Å²) in [6, 6.07) is 14.8. The number of rotatable bonds is 3. The molecule has 4 amide bonds. The van der Waals surface area contributed by atoms with Gasteiger partial charge in [0.15, 0.2) is 0 Å². The number of urea groups is 1. The van der Waals surface area contributed by atoms with Crippen LogP contribution in [-0.4, -0.2) is 22.4 Å². The van der Waals surface area contributed by atoms with E-state index in [2.05, 4.69) is 5.32 Å². The molecule has 6 nitrogen and oxygen atoms in total. The van der Waals surface area contributed by atoms with Crippen molar-refractivity contribution >= 4 is 52.8 Å². The summed E-state index contributed by atoms with van der Waals surface area (Å²) in [5.74, 6) is -1.42. The van der Waals surface area contributed by atoms with Crippen LogP contribution in [-0.2, 0) is 9.59 Å². The average Bonchev–Trinajstić information content (AvgIpc) is 3.01. The van der Waals surface area contributed by atoms with E-state index in [4.69, 9.17) is 23.2 Å². The molecule has 1 fully saturated rings. The number of hydrogen-bond donors (Lipinski definition) is 1. The maximum absolute atomic E-state index is 13.0. The number of aromatic nitrogens is 1. The Hall–Kier alpha value is -3.35. The highest BCUT2D eigenvalue weighted by atomic mass is 35.5. The summed E-state index contributed by atoms with van der Waals surface area (Å²) < 4.78 is 1.94. The standard InChI is InChI=1S/C23H17Cl2N3O3/c1-13-10-15(14(2)27(13)17-8-9-19(24)20(25)12-17)11-18-21(29)26-23(31)28(22(18)30)16-6-4-3-5-7-16/h3-12H,1-2H3,(H,26,29,31)/b18-11-. The van der Waals surface area contributed by atoms with Crippen molar-refractivity contribution in [1.29, 1.82) is 0 Å². The molecule has 0 atom stereocenters. The lowest BCUT2D eigenvalue weighted by molar-refractivity contribution is -0.122. The Morgan fingerprint density at radius 2 is 1.58 bits per heavy atom. The van der Waals surface area contributed by atoms with Gasteiger partial charge in [0.25, 0.3) is 11.8 Å². The minimum atomic E-state index is -0.778. The van der Waals surface area contributed by atoms with Crippen LogP contribution in [0, 0.1) is 13.8 Å². The van der Waals surface area contributed by atoms with Crippen LogP contribution >= 0.6 is 23.2 Å². The fraction of sp³-hybridized carbons (Fsp3) is 0.0870. The number of halogens is 2. The number of imide groups is 2. The first-order valence-electron chi connectivity index (χ1n) is 9.39. The second-order valence-corrected chi connectivity index (χ2v) is 7.87. The molecule has 2 heterocycles. The van der Waals surface area contributed by atoms with Crippen LogP contribution < -0.4 is 10.2 Å². The van der Waals surface area contributed by atoms with Crippen molar-refractivity contribution in [3.63, 3.8) is 0 Å². The highest BCUT2D eigenvalue weighted by molar-refractivity contribution is 6.42. The highest BCUT2D eigenvalue weighted by Crippen LogP contribution is 2.29. The zero-order valence-corrected chi connectivity index (χ0v) is 18.2. The van der Waals surface area contributed by atoms with Gasteiger partial charge in [0.05, 0.1) is 15.7 Å². The molecule has 31 heavy (non-hydrogen) atoms. The van der Waals surface area contributed by atoms with Crippen LogP contribution in [0.5, 0.6) is 0 Å². The van der Waals surface area contributed by atoms with Crippen molar-refractivity contribution in [1.82, 2.24) is 9.88 Å². The van der Waals surface area contributed by atoms with Gasteiger partial charge in [0.1, 0.15) is 5.57 Å². The van der Waals surface area contributed by atoms with Gasteiger partial charge in [-0.15, -0.1) is 0 Å². The van der Waals surface area contributed by atoms with Gasteiger partial charge in [0, 0.05) is 17.1 Å². The summed E-state index contributed by atoms with van der Waals surface area (Å²) in [4.78, 5) is 38.8.